The van der Waals surface area contributed by atoms with Crippen molar-refractivity contribution in [3.05, 3.63) is 52.9 Å². The van der Waals surface area contributed by atoms with Crippen LogP contribution in [0.3, 0.4) is 0 Å². The second kappa shape index (κ2) is 6.17. The van der Waals surface area contributed by atoms with Gasteiger partial charge in [0.1, 0.15) is 5.75 Å². The lowest BCUT2D eigenvalue weighted by molar-refractivity contribution is -0.131. The number of aryl methyl sites for hydroxylation is 2. The number of aromatic nitrogens is 2. The molecule has 5 nitrogen and oxygen atoms in total. The molecule has 0 aliphatic heterocycles. The fourth-order valence-electron chi connectivity index (χ4n) is 1.81. The second-order valence-corrected chi connectivity index (χ2v) is 4.73. The van der Waals surface area contributed by atoms with Crippen molar-refractivity contribution >= 4 is 12.0 Å². The van der Waals surface area contributed by atoms with Crippen LogP contribution in [0, 0.1) is 20.8 Å². The van der Waals surface area contributed by atoms with E-state index in [4.69, 9.17) is 9.84 Å². The molecule has 1 heterocycles. The van der Waals surface area contributed by atoms with Crippen LogP contribution in [-0.2, 0) is 4.79 Å². The average Bonchev–Trinajstić information content (AvgIpc) is 2.47. The van der Waals surface area contributed by atoms with Gasteiger partial charge in [0.15, 0.2) is 0 Å². The van der Waals surface area contributed by atoms with E-state index in [9.17, 15) is 4.79 Å². The smallest absolute Gasteiger partial charge is 0.328 e. The number of hydrogen-bond acceptors (Lipinski definition) is 4. The summed E-state index contributed by atoms with van der Waals surface area (Å²) in [5.74, 6) is -0.259. The molecule has 0 amide bonds. The predicted octanol–water partition coefficient (Wildman–Crippen LogP) is 3.29. The Kier molecular flexibility index (Phi) is 4.33. The third kappa shape index (κ3) is 3.66. The molecule has 21 heavy (non-hydrogen) atoms. The fourth-order valence-corrected chi connectivity index (χ4v) is 1.81. The Morgan fingerprint density at radius 1 is 1.14 bits per heavy atom. The summed E-state index contributed by atoms with van der Waals surface area (Å²) in [6.45, 7) is 5.97. The Morgan fingerprint density at radius 2 is 1.76 bits per heavy atom. The molecule has 2 aromatic rings. The zero-order chi connectivity index (χ0) is 15.4. The van der Waals surface area contributed by atoms with Crippen LogP contribution >= 0.6 is 0 Å². The Bertz CT molecular complexity index is 691. The van der Waals surface area contributed by atoms with E-state index in [2.05, 4.69) is 9.97 Å². The van der Waals surface area contributed by atoms with Gasteiger partial charge in [0, 0.05) is 24.0 Å². The average molecular weight is 284 g/mol. The molecular formula is C16H16N2O3. The summed E-state index contributed by atoms with van der Waals surface area (Å²) < 4.78 is 5.74. The van der Waals surface area contributed by atoms with E-state index in [1.54, 1.807) is 0 Å². The van der Waals surface area contributed by atoms with E-state index >= 15 is 0 Å². The third-order valence-corrected chi connectivity index (χ3v) is 3.13. The van der Waals surface area contributed by atoms with Crippen LogP contribution in [0.15, 0.2) is 30.6 Å². The predicted molar refractivity (Wildman–Crippen MR) is 79.4 cm³/mol. The summed E-state index contributed by atoms with van der Waals surface area (Å²) >= 11 is 0. The van der Waals surface area contributed by atoms with Crippen LogP contribution in [0.4, 0.5) is 0 Å². The van der Waals surface area contributed by atoms with Gasteiger partial charge in [-0.15, -0.1) is 0 Å². The molecule has 0 radical (unpaired) electrons. The SMILES string of the molecule is Cc1ccc(C)c(Oc2ncc(/C=C/C(=O)O)cn2)c1C. The highest BCUT2D eigenvalue weighted by molar-refractivity contribution is 5.85. The number of carboxylic acid groups (broad SMARTS) is 1. The number of carbonyl (C=O) groups is 1. The van der Waals surface area contributed by atoms with Crippen LogP contribution in [0.2, 0.25) is 0 Å². The topological polar surface area (TPSA) is 72.3 Å². The minimum Gasteiger partial charge on any atom is -0.478 e. The van der Waals surface area contributed by atoms with Crippen LogP contribution in [0.25, 0.3) is 6.08 Å². The largest absolute Gasteiger partial charge is 0.478 e. The van der Waals surface area contributed by atoms with Crippen molar-refractivity contribution in [1.82, 2.24) is 9.97 Å². The molecule has 5 heteroatoms. The van der Waals surface area contributed by atoms with Crippen LogP contribution in [0.1, 0.15) is 22.3 Å². The summed E-state index contributed by atoms with van der Waals surface area (Å²) in [5.41, 5.74) is 3.80. The molecule has 0 unspecified atom stereocenters. The van der Waals surface area contributed by atoms with Gasteiger partial charge in [-0.05, 0) is 43.5 Å². The summed E-state index contributed by atoms with van der Waals surface area (Å²) in [4.78, 5) is 18.6. The Balaban J connectivity index is 2.21. The fraction of sp³-hybridized carbons (Fsp3) is 0.188. The summed E-state index contributed by atoms with van der Waals surface area (Å²) in [5, 5.41) is 8.56. The number of ether oxygens (including phenoxy) is 1. The lowest BCUT2D eigenvalue weighted by Gasteiger charge is -2.12. The first-order valence-electron chi connectivity index (χ1n) is 6.45. The number of hydrogen-bond donors (Lipinski definition) is 1. The maximum Gasteiger partial charge on any atom is 0.328 e. The zero-order valence-electron chi connectivity index (χ0n) is 12.1. The molecule has 0 spiro atoms. The van der Waals surface area contributed by atoms with Gasteiger partial charge in [-0.2, -0.15) is 0 Å². The van der Waals surface area contributed by atoms with Gasteiger partial charge in [-0.1, -0.05) is 12.1 Å². The highest BCUT2D eigenvalue weighted by Crippen LogP contribution is 2.28. The first kappa shape index (κ1) is 14.7. The zero-order valence-corrected chi connectivity index (χ0v) is 12.1. The lowest BCUT2D eigenvalue weighted by atomic mass is 10.1. The van der Waals surface area contributed by atoms with Crippen molar-refractivity contribution in [1.29, 1.82) is 0 Å². The number of aliphatic carboxylic acids is 1. The highest BCUT2D eigenvalue weighted by Gasteiger charge is 2.09. The molecule has 0 bridgehead atoms. The molecule has 0 fully saturated rings. The third-order valence-electron chi connectivity index (χ3n) is 3.13. The standard InChI is InChI=1S/C16H16N2O3/c1-10-4-5-11(2)15(12(10)3)21-16-17-8-13(9-18-16)6-7-14(19)20/h4-9H,1-3H3,(H,19,20)/b7-6+. The van der Waals surface area contributed by atoms with Gasteiger partial charge >= 0.3 is 12.0 Å². The van der Waals surface area contributed by atoms with Gasteiger partial charge < -0.3 is 9.84 Å². The number of rotatable bonds is 4. The number of nitrogens with zero attached hydrogens (tertiary/aromatic N) is 2. The van der Waals surface area contributed by atoms with Crippen LogP contribution < -0.4 is 4.74 Å². The monoisotopic (exact) mass is 284 g/mol. The van der Waals surface area contributed by atoms with Crippen LogP contribution in [0.5, 0.6) is 11.8 Å². The van der Waals surface area contributed by atoms with Gasteiger partial charge in [0.2, 0.25) is 0 Å². The molecule has 2 rings (SSSR count). The molecule has 1 N–H and O–H groups in total. The lowest BCUT2D eigenvalue weighted by Crippen LogP contribution is -1.97. The van der Waals surface area contributed by atoms with Gasteiger partial charge in [0.25, 0.3) is 0 Å². The quantitative estimate of drug-likeness (QED) is 0.872. The van der Waals surface area contributed by atoms with E-state index in [0.29, 0.717) is 5.56 Å². The summed E-state index contributed by atoms with van der Waals surface area (Å²) in [6, 6.07) is 4.26. The molecule has 1 aromatic carbocycles. The highest BCUT2D eigenvalue weighted by atomic mass is 16.5. The number of carboxylic acids is 1. The molecule has 108 valence electrons. The van der Waals surface area contributed by atoms with Gasteiger partial charge in [0.05, 0.1) is 0 Å². The van der Waals surface area contributed by atoms with Crippen molar-refractivity contribution in [3.63, 3.8) is 0 Å². The molecular weight excluding hydrogens is 268 g/mol. The van der Waals surface area contributed by atoms with E-state index in [1.807, 2.05) is 32.9 Å². The second-order valence-electron chi connectivity index (χ2n) is 4.73. The molecule has 0 atom stereocenters. The Labute approximate surface area is 122 Å². The first-order chi connectivity index (χ1) is 9.97. The normalized spacial score (nSPS) is 10.8. The number of benzene rings is 1. The maximum atomic E-state index is 10.4. The first-order valence-corrected chi connectivity index (χ1v) is 6.45. The van der Waals surface area contributed by atoms with Crippen LogP contribution in [-0.4, -0.2) is 21.0 Å². The van der Waals surface area contributed by atoms with Crippen molar-refractivity contribution in [2.45, 2.75) is 20.8 Å². The summed E-state index contributed by atoms with van der Waals surface area (Å²) in [7, 11) is 0. The van der Waals surface area contributed by atoms with Crippen molar-refractivity contribution < 1.29 is 14.6 Å². The maximum absolute atomic E-state index is 10.4. The summed E-state index contributed by atoms with van der Waals surface area (Å²) in [6.07, 6.45) is 5.49. The Hall–Kier alpha value is -2.69. The molecule has 0 aliphatic rings. The molecule has 0 aliphatic carbocycles. The van der Waals surface area contributed by atoms with E-state index < -0.39 is 5.97 Å². The van der Waals surface area contributed by atoms with Crippen molar-refractivity contribution in [2.75, 3.05) is 0 Å². The molecule has 1 aromatic heterocycles. The molecule has 0 saturated heterocycles. The minimum atomic E-state index is -1.01. The van der Waals surface area contributed by atoms with Crippen molar-refractivity contribution in [3.8, 4) is 11.8 Å². The Morgan fingerprint density at radius 3 is 2.38 bits per heavy atom. The van der Waals surface area contributed by atoms with Gasteiger partial charge in [-0.25, -0.2) is 14.8 Å². The van der Waals surface area contributed by atoms with E-state index in [0.717, 1.165) is 28.5 Å². The minimum absolute atomic E-state index is 0.235. The van der Waals surface area contributed by atoms with E-state index in [-0.39, 0.29) is 6.01 Å². The molecule has 0 saturated carbocycles. The van der Waals surface area contributed by atoms with Gasteiger partial charge in [-0.3, -0.25) is 0 Å². The van der Waals surface area contributed by atoms with E-state index in [1.165, 1.54) is 18.5 Å². The van der Waals surface area contributed by atoms with Crippen molar-refractivity contribution in [2.24, 2.45) is 0 Å².